The van der Waals surface area contributed by atoms with E-state index >= 15 is 0 Å². The minimum atomic E-state index is -0.407. The third-order valence-corrected chi connectivity index (χ3v) is 2.43. The summed E-state index contributed by atoms with van der Waals surface area (Å²) in [5.74, 6) is -0.914. The highest BCUT2D eigenvalue weighted by molar-refractivity contribution is 5.82. The van der Waals surface area contributed by atoms with Crippen molar-refractivity contribution in [3.63, 3.8) is 0 Å². The van der Waals surface area contributed by atoms with Gasteiger partial charge in [0.25, 0.3) is 0 Å². The first-order chi connectivity index (χ1) is 8.13. The molecule has 1 rings (SSSR count). The van der Waals surface area contributed by atoms with Crippen molar-refractivity contribution in [1.29, 1.82) is 0 Å². The van der Waals surface area contributed by atoms with E-state index in [1.54, 1.807) is 6.92 Å². The maximum absolute atomic E-state index is 11.5. The fraction of sp³-hybridized carbons (Fsp3) is 0.385. The van der Waals surface area contributed by atoms with Gasteiger partial charge in [-0.25, -0.2) is 0 Å². The van der Waals surface area contributed by atoms with E-state index in [0.29, 0.717) is 6.54 Å². The van der Waals surface area contributed by atoms with Crippen molar-refractivity contribution in [1.82, 2.24) is 5.32 Å². The molecule has 1 aromatic rings. The molecule has 0 heterocycles. The number of carbonyl (C=O) groups excluding carboxylic acids is 2. The Balaban J connectivity index is 2.33. The molecule has 0 bridgehead atoms. The third kappa shape index (κ3) is 4.68. The van der Waals surface area contributed by atoms with Gasteiger partial charge >= 0.3 is 5.97 Å². The van der Waals surface area contributed by atoms with Crippen LogP contribution in [0, 0.1) is 5.92 Å². The van der Waals surface area contributed by atoms with E-state index in [4.69, 9.17) is 0 Å². The Morgan fingerprint density at radius 1 is 1.29 bits per heavy atom. The van der Waals surface area contributed by atoms with Crippen molar-refractivity contribution >= 4 is 11.9 Å². The van der Waals surface area contributed by atoms with Crippen LogP contribution in [0.5, 0.6) is 0 Å². The molecule has 0 aromatic heterocycles. The first kappa shape index (κ1) is 13.2. The molecule has 1 N–H and O–H groups in total. The number of hydrogen-bond acceptors (Lipinski definition) is 3. The summed E-state index contributed by atoms with van der Waals surface area (Å²) in [7, 11) is 1.32. The Morgan fingerprint density at radius 3 is 2.53 bits per heavy atom. The first-order valence-corrected chi connectivity index (χ1v) is 5.52. The Kier molecular flexibility index (Phi) is 5.20. The van der Waals surface area contributed by atoms with Gasteiger partial charge in [-0.2, -0.15) is 0 Å². The van der Waals surface area contributed by atoms with Crippen LogP contribution in [-0.2, 0) is 20.9 Å². The van der Waals surface area contributed by atoms with Crippen LogP contribution >= 0.6 is 0 Å². The summed E-state index contributed by atoms with van der Waals surface area (Å²) in [6, 6.07) is 9.62. The SMILES string of the molecule is COC(=O)C(C)CC(=O)NCc1ccccc1. The maximum atomic E-state index is 11.5. The minimum Gasteiger partial charge on any atom is -0.469 e. The highest BCUT2D eigenvalue weighted by atomic mass is 16.5. The largest absolute Gasteiger partial charge is 0.469 e. The van der Waals surface area contributed by atoms with Gasteiger partial charge in [-0.3, -0.25) is 9.59 Å². The fourth-order valence-electron chi connectivity index (χ4n) is 1.43. The molecule has 1 amide bonds. The van der Waals surface area contributed by atoms with E-state index in [9.17, 15) is 9.59 Å². The highest BCUT2D eigenvalue weighted by Crippen LogP contribution is 2.04. The lowest BCUT2D eigenvalue weighted by molar-refractivity contribution is -0.146. The lowest BCUT2D eigenvalue weighted by atomic mass is 10.1. The second kappa shape index (κ2) is 6.68. The molecule has 0 spiro atoms. The van der Waals surface area contributed by atoms with E-state index in [1.165, 1.54) is 7.11 Å². The molecule has 4 nitrogen and oxygen atoms in total. The van der Waals surface area contributed by atoms with Crippen molar-refractivity contribution in [2.45, 2.75) is 19.9 Å². The number of ether oxygens (including phenoxy) is 1. The van der Waals surface area contributed by atoms with Crippen molar-refractivity contribution in [3.8, 4) is 0 Å². The number of benzene rings is 1. The molecule has 0 aliphatic carbocycles. The van der Waals surface area contributed by atoms with Crippen LogP contribution in [0.2, 0.25) is 0 Å². The topological polar surface area (TPSA) is 55.4 Å². The average Bonchev–Trinajstić information content (AvgIpc) is 2.36. The van der Waals surface area contributed by atoms with Crippen LogP contribution in [0.15, 0.2) is 30.3 Å². The molecule has 1 aromatic carbocycles. The van der Waals surface area contributed by atoms with Crippen LogP contribution in [0.3, 0.4) is 0 Å². The van der Waals surface area contributed by atoms with E-state index in [-0.39, 0.29) is 18.3 Å². The Bertz CT molecular complexity index is 376. The lowest BCUT2D eigenvalue weighted by Gasteiger charge is -2.09. The van der Waals surface area contributed by atoms with Gasteiger partial charge in [-0.05, 0) is 5.56 Å². The van der Waals surface area contributed by atoms with Gasteiger partial charge in [-0.15, -0.1) is 0 Å². The monoisotopic (exact) mass is 235 g/mol. The standard InChI is InChI=1S/C13H17NO3/c1-10(13(16)17-2)8-12(15)14-9-11-6-4-3-5-7-11/h3-7,10H,8-9H2,1-2H3,(H,14,15). The van der Waals surface area contributed by atoms with E-state index < -0.39 is 5.92 Å². The third-order valence-electron chi connectivity index (χ3n) is 2.43. The minimum absolute atomic E-state index is 0.147. The molecule has 17 heavy (non-hydrogen) atoms. The van der Waals surface area contributed by atoms with Crippen LogP contribution < -0.4 is 5.32 Å². The fourth-order valence-corrected chi connectivity index (χ4v) is 1.43. The quantitative estimate of drug-likeness (QED) is 0.787. The summed E-state index contributed by atoms with van der Waals surface area (Å²) >= 11 is 0. The van der Waals surface area contributed by atoms with Gasteiger partial charge < -0.3 is 10.1 Å². The number of esters is 1. The molecule has 4 heteroatoms. The second-order valence-corrected chi connectivity index (χ2v) is 3.89. The van der Waals surface area contributed by atoms with E-state index in [1.807, 2.05) is 30.3 Å². The summed E-state index contributed by atoms with van der Waals surface area (Å²) < 4.78 is 4.56. The van der Waals surface area contributed by atoms with Gasteiger partial charge in [0.2, 0.25) is 5.91 Å². The van der Waals surface area contributed by atoms with Crippen molar-refractivity contribution in [2.24, 2.45) is 5.92 Å². The number of nitrogens with one attached hydrogen (secondary N) is 1. The molecule has 0 radical (unpaired) electrons. The zero-order valence-corrected chi connectivity index (χ0v) is 10.1. The summed E-state index contributed by atoms with van der Waals surface area (Å²) in [6.45, 7) is 2.15. The zero-order chi connectivity index (χ0) is 12.7. The number of carbonyl (C=O) groups is 2. The van der Waals surface area contributed by atoms with Crippen LogP contribution in [0.1, 0.15) is 18.9 Å². The van der Waals surface area contributed by atoms with E-state index in [0.717, 1.165) is 5.56 Å². The van der Waals surface area contributed by atoms with Crippen LogP contribution in [0.4, 0.5) is 0 Å². The number of hydrogen-bond donors (Lipinski definition) is 1. The van der Waals surface area contributed by atoms with Gasteiger partial charge in [0.1, 0.15) is 0 Å². The van der Waals surface area contributed by atoms with Gasteiger partial charge in [0, 0.05) is 13.0 Å². The first-order valence-electron chi connectivity index (χ1n) is 5.52. The Morgan fingerprint density at radius 2 is 1.94 bits per heavy atom. The zero-order valence-electron chi connectivity index (χ0n) is 10.1. The normalized spacial score (nSPS) is 11.6. The van der Waals surface area contributed by atoms with Crippen molar-refractivity contribution < 1.29 is 14.3 Å². The Hall–Kier alpha value is -1.84. The van der Waals surface area contributed by atoms with Crippen molar-refractivity contribution in [3.05, 3.63) is 35.9 Å². The Labute approximate surface area is 101 Å². The number of methoxy groups -OCH3 is 1. The second-order valence-electron chi connectivity index (χ2n) is 3.89. The maximum Gasteiger partial charge on any atom is 0.308 e. The molecule has 1 unspecified atom stereocenters. The van der Waals surface area contributed by atoms with Gasteiger partial charge in [0.05, 0.1) is 13.0 Å². The molecule has 0 fully saturated rings. The van der Waals surface area contributed by atoms with Crippen LogP contribution in [-0.4, -0.2) is 19.0 Å². The molecule has 0 saturated heterocycles. The summed E-state index contributed by atoms with van der Waals surface area (Å²) in [6.07, 6.45) is 0.152. The smallest absolute Gasteiger partial charge is 0.308 e. The summed E-state index contributed by atoms with van der Waals surface area (Å²) in [5, 5.41) is 2.76. The summed E-state index contributed by atoms with van der Waals surface area (Å²) in [5.41, 5.74) is 1.03. The van der Waals surface area contributed by atoms with Gasteiger partial charge in [0.15, 0.2) is 0 Å². The highest BCUT2D eigenvalue weighted by Gasteiger charge is 2.16. The predicted molar refractivity (Wildman–Crippen MR) is 64.1 cm³/mol. The molecule has 1 atom stereocenters. The number of amides is 1. The predicted octanol–water partition coefficient (Wildman–Crippen LogP) is 1.50. The lowest BCUT2D eigenvalue weighted by Crippen LogP contribution is -2.27. The van der Waals surface area contributed by atoms with Crippen LogP contribution in [0.25, 0.3) is 0 Å². The molecule has 0 aliphatic heterocycles. The van der Waals surface area contributed by atoms with Crippen molar-refractivity contribution in [2.75, 3.05) is 7.11 Å². The average molecular weight is 235 g/mol. The molecule has 0 aliphatic rings. The van der Waals surface area contributed by atoms with E-state index in [2.05, 4.69) is 10.1 Å². The molecular weight excluding hydrogens is 218 g/mol. The molecule has 0 saturated carbocycles. The molecular formula is C13H17NO3. The molecule has 92 valence electrons. The number of rotatable bonds is 5. The van der Waals surface area contributed by atoms with Gasteiger partial charge in [-0.1, -0.05) is 37.3 Å². The summed E-state index contributed by atoms with van der Waals surface area (Å²) in [4.78, 5) is 22.6.